The van der Waals surface area contributed by atoms with Crippen LogP contribution in [0.5, 0.6) is 5.75 Å². The van der Waals surface area contributed by atoms with E-state index in [1.165, 1.54) is 12.1 Å². The van der Waals surface area contributed by atoms with Gasteiger partial charge in [-0.05, 0) is 57.7 Å². The predicted octanol–water partition coefficient (Wildman–Crippen LogP) is 5.71. The highest BCUT2D eigenvalue weighted by Gasteiger charge is 2.13. The zero-order chi connectivity index (χ0) is 14.5. The number of alkyl halides is 1. The summed E-state index contributed by atoms with van der Waals surface area (Å²) in [5, 5.41) is -0.313. The molecule has 0 fully saturated rings. The molecule has 2 aromatic carbocycles. The van der Waals surface area contributed by atoms with E-state index in [4.69, 9.17) is 16.3 Å². The molecule has 2 aromatic rings. The molecule has 0 amide bonds. The number of halogens is 3. The summed E-state index contributed by atoms with van der Waals surface area (Å²) in [5.74, 6) is 0.542. The summed E-state index contributed by atoms with van der Waals surface area (Å²) in [5.41, 5.74) is 1.80. The summed E-state index contributed by atoms with van der Waals surface area (Å²) in [6.45, 7) is 2.74. The number of benzene rings is 2. The first-order valence-corrected chi connectivity index (χ1v) is 7.66. The second kappa shape index (κ2) is 7.09. The van der Waals surface area contributed by atoms with Gasteiger partial charge in [0.25, 0.3) is 0 Å². The van der Waals surface area contributed by atoms with Crippen molar-refractivity contribution in [3.63, 3.8) is 0 Å². The van der Waals surface area contributed by atoms with Crippen molar-refractivity contribution >= 4 is 27.5 Å². The van der Waals surface area contributed by atoms with Crippen LogP contribution in [0, 0.1) is 5.82 Å². The maximum atomic E-state index is 12.9. The van der Waals surface area contributed by atoms with Crippen LogP contribution in [0.25, 0.3) is 0 Å². The Labute approximate surface area is 131 Å². The molecule has 0 spiro atoms. The van der Waals surface area contributed by atoms with Crippen molar-refractivity contribution in [3.05, 3.63) is 63.9 Å². The molecule has 0 saturated carbocycles. The Hall–Kier alpha value is -1.06. The number of ether oxygens (including phenoxy) is 1. The first kappa shape index (κ1) is 15.3. The minimum absolute atomic E-state index is 0.262. The number of rotatable bonds is 5. The van der Waals surface area contributed by atoms with Crippen molar-refractivity contribution in [3.8, 4) is 5.75 Å². The lowest BCUT2D eigenvalue weighted by Crippen LogP contribution is -1.98. The van der Waals surface area contributed by atoms with Crippen LogP contribution in [0.2, 0.25) is 0 Å². The molecular formula is C16H15BrClFO. The topological polar surface area (TPSA) is 9.23 Å². The zero-order valence-electron chi connectivity index (χ0n) is 11.1. The van der Waals surface area contributed by atoms with Crippen molar-refractivity contribution < 1.29 is 9.13 Å². The Bertz CT molecular complexity index is 571. The van der Waals surface area contributed by atoms with E-state index in [0.29, 0.717) is 6.61 Å². The maximum Gasteiger partial charge on any atom is 0.133 e. The quantitative estimate of drug-likeness (QED) is 0.623. The third-order valence-electron chi connectivity index (χ3n) is 2.87. The first-order chi connectivity index (χ1) is 9.61. The van der Waals surface area contributed by atoms with Crippen LogP contribution >= 0.6 is 27.5 Å². The van der Waals surface area contributed by atoms with Crippen molar-refractivity contribution in [2.45, 2.75) is 18.7 Å². The number of hydrogen-bond acceptors (Lipinski definition) is 1. The van der Waals surface area contributed by atoms with Crippen molar-refractivity contribution in [1.29, 1.82) is 0 Å². The highest BCUT2D eigenvalue weighted by Crippen LogP contribution is 2.34. The van der Waals surface area contributed by atoms with Crippen LogP contribution in [-0.4, -0.2) is 6.61 Å². The molecule has 1 nitrogen and oxygen atoms in total. The molecule has 0 aliphatic rings. The molecule has 0 aliphatic heterocycles. The fourth-order valence-corrected chi connectivity index (χ4v) is 2.62. The zero-order valence-corrected chi connectivity index (χ0v) is 13.4. The second-order valence-electron chi connectivity index (χ2n) is 4.45. The van der Waals surface area contributed by atoms with Crippen molar-refractivity contribution in [2.24, 2.45) is 0 Å². The van der Waals surface area contributed by atoms with E-state index >= 15 is 0 Å². The Morgan fingerprint density at radius 1 is 1.15 bits per heavy atom. The highest BCUT2D eigenvalue weighted by atomic mass is 79.9. The van der Waals surface area contributed by atoms with Crippen LogP contribution < -0.4 is 4.74 Å². The summed E-state index contributed by atoms with van der Waals surface area (Å²) < 4.78 is 19.4. The summed E-state index contributed by atoms with van der Waals surface area (Å²) in [7, 11) is 0. The van der Waals surface area contributed by atoms with E-state index in [2.05, 4.69) is 22.9 Å². The molecule has 0 heterocycles. The van der Waals surface area contributed by atoms with Gasteiger partial charge in [-0.2, -0.15) is 0 Å². The van der Waals surface area contributed by atoms with Crippen molar-refractivity contribution in [2.75, 3.05) is 6.61 Å². The predicted molar refractivity (Wildman–Crippen MR) is 84.0 cm³/mol. The first-order valence-electron chi connectivity index (χ1n) is 6.43. The smallest absolute Gasteiger partial charge is 0.133 e. The molecule has 0 saturated heterocycles. The van der Waals surface area contributed by atoms with Crippen LogP contribution in [0.15, 0.2) is 46.9 Å². The van der Waals surface area contributed by atoms with Crippen LogP contribution in [0.3, 0.4) is 0 Å². The molecular weight excluding hydrogens is 343 g/mol. The third-order valence-corrected chi connectivity index (χ3v) is 4.00. The molecule has 0 aliphatic carbocycles. The summed E-state index contributed by atoms with van der Waals surface area (Å²) in [4.78, 5) is 0. The molecule has 0 N–H and O–H groups in total. The van der Waals surface area contributed by atoms with E-state index in [-0.39, 0.29) is 11.2 Å². The molecule has 0 bridgehead atoms. The average Bonchev–Trinajstić information content (AvgIpc) is 2.46. The number of hydrogen-bond donors (Lipinski definition) is 0. The molecule has 0 radical (unpaired) electrons. The summed E-state index contributed by atoms with van der Waals surface area (Å²) in [6, 6.07) is 12.0. The lowest BCUT2D eigenvalue weighted by Gasteiger charge is -2.13. The van der Waals surface area contributed by atoms with Gasteiger partial charge >= 0.3 is 0 Å². The molecule has 4 heteroatoms. The molecule has 106 valence electrons. The fraction of sp³-hybridized carbons (Fsp3) is 0.250. The summed E-state index contributed by atoms with van der Waals surface area (Å²) >= 11 is 9.91. The fourth-order valence-electron chi connectivity index (χ4n) is 1.83. The third kappa shape index (κ3) is 3.74. The minimum Gasteiger partial charge on any atom is -0.492 e. The lowest BCUT2D eigenvalue weighted by molar-refractivity contribution is 0.315. The van der Waals surface area contributed by atoms with Gasteiger partial charge < -0.3 is 4.74 Å². The lowest BCUT2D eigenvalue weighted by atomic mass is 10.0. The monoisotopic (exact) mass is 356 g/mol. The highest BCUT2D eigenvalue weighted by molar-refractivity contribution is 9.10. The van der Waals surface area contributed by atoms with Gasteiger partial charge in [0, 0.05) is 0 Å². The SMILES string of the molecule is CCCOc1ccc(C(Cl)c2ccc(F)cc2)cc1Br. The van der Waals surface area contributed by atoms with Gasteiger partial charge in [-0.3, -0.25) is 0 Å². The van der Waals surface area contributed by atoms with Gasteiger partial charge in [0.05, 0.1) is 16.5 Å². The van der Waals surface area contributed by atoms with Crippen LogP contribution in [0.4, 0.5) is 4.39 Å². The maximum absolute atomic E-state index is 12.9. The van der Waals surface area contributed by atoms with Gasteiger partial charge in [0.2, 0.25) is 0 Å². The standard InChI is InChI=1S/C16H15BrClFO/c1-2-9-20-15-8-5-12(10-14(15)17)16(18)11-3-6-13(19)7-4-11/h3-8,10,16H,2,9H2,1H3. The Kier molecular flexibility index (Phi) is 5.44. The molecule has 20 heavy (non-hydrogen) atoms. The van der Waals surface area contributed by atoms with E-state index in [9.17, 15) is 4.39 Å². The molecule has 1 unspecified atom stereocenters. The van der Waals surface area contributed by atoms with Crippen LogP contribution in [-0.2, 0) is 0 Å². The van der Waals surface area contributed by atoms with Gasteiger partial charge in [-0.15, -0.1) is 11.6 Å². The van der Waals surface area contributed by atoms with E-state index in [1.54, 1.807) is 12.1 Å². The van der Waals surface area contributed by atoms with Crippen LogP contribution in [0.1, 0.15) is 29.8 Å². The Morgan fingerprint density at radius 3 is 2.40 bits per heavy atom. The summed E-state index contributed by atoms with van der Waals surface area (Å²) in [6.07, 6.45) is 0.960. The van der Waals surface area contributed by atoms with E-state index in [0.717, 1.165) is 27.8 Å². The van der Waals surface area contributed by atoms with Gasteiger partial charge in [-0.25, -0.2) is 4.39 Å². The van der Waals surface area contributed by atoms with Gasteiger partial charge in [-0.1, -0.05) is 25.1 Å². The van der Waals surface area contributed by atoms with E-state index < -0.39 is 0 Å². The van der Waals surface area contributed by atoms with Crippen molar-refractivity contribution in [1.82, 2.24) is 0 Å². The Morgan fingerprint density at radius 2 is 1.80 bits per heavy atom. The normalized spacial score (nSPS) is 12.2. The molecule has 0 aromatic heterocycles. The Balaban J connectivity index is 2.20. The largest absolute Gasteiger partial charge is 0.492 e. The van der Waals surface area contributed by atoms with E-state index in [1.807, 2.05) is 18.2 Å². The average molecular weight is 358 g/mol. The van der Waals surface area contributed by atoms with Gasteiger partial charge in [0.1, 0.15) is 11.6 Å². The molecule has 2 rings (SSSR count). The second-order valence-corrected chi connectivity index (χ2v) is 5.74. The minimum atomic E-state index is -0.313. The molecule has 1 atom stereocenters. The van der Waals surface area contributed by atoms with Gasteiger partial charge in [0.15, 0.2) is 0 Å².